The molecule has 0 aliphatic heterocycles. The van der Waals surface area contributed by atoms with E-state index in [1.165, 1.54) is 12.4 Å². The summed E-state index contributed by atoms with van der Waals surface area (Å²) >= 11 is 0. The second-order valence-corrected chi connectivity index (χ2v) is 4.32. The van der Waals surface area contributed by atoms with Crippen molar-refractivity contribution < 1.29 is 9.72 Å². The van der Waals surface area contributed by atoms with Gasteiger partial charge in [-0.25, -0.2) is 4.79 Å². The maximum absolute atomic E-state index is 12.1. The molecule has 1 aromatic carbocycles. The van der Waals surface area contributed by atoms with Gasteiger partial charge in [-0.2, -0.15) is 0 Å². The van der Waals surface area contributed by atoms with Crippen LogP contribution >= 0.6 is 0 Å². The van der Waals surface area contributed by atoms with E-state index in [-0.39, 0.29) is 12.1 Å². The molecule has 0 saturated heterocycles. The van der Waals surface area contributed by atoms with Crippen molar-refractivity contribution in [3.63, 3.8) is 0 Å². The lowest BCUT2D eigenvalue weighted by molar-refractivity contribution is -0.392. The summed E-state index contributed by atoms with van der Waals surface area (Å²) in [6.45, 7) is 0. The highest BCUT2D eigenvalue weighted by Crippen LogP contribution is 2.19. The van der Waals surface area contributed by atoms with Crippen LogP contribution < -0.4 is 0 Å². The number of nitro groups is 1. The molecular weight excluding hydrogens is 290 g/mol. The lowest BCUT2D eigenvalue weighted by Crippen LogP contribution is -2.23. The summed E-state index contributed by atoms with van der Waals surface area (Å²) in [5.41, 5.74) is 0.926. The highest BCUT2D eigenvalue weighted by Gasteiger charge is 2.30. The van der Waals surface area contributed by atoms with Gasteiger partial charge in [-0.3, -0.25) is 0 Å². The minimum absolute atomic E-state index is 0.102. The highest BCUT2D eigenvalue weighted by molar-refractivity contribution is 5.79. The molecule has 2 heterocycles. The zero-order chi connectivity index (χ0) is 15.5. The SMILES string of the molecule is O=C(n1ccnn1)n1nnc(Cc2ccccc2)c1[N+](=O)[O-]. The van der Waals surface area contributed by atoms with Crippen LogP contribution in [0.3, 0.4) is 0 Å². The average Bonchev–Trinajstić information content (AvgIpc) is 3.17. The molecule has 10 heteroatoms. The summed E-state index contributed by atoms with van der Waals surface area (Å²) in [6.07, 6.45) is 2.75. The van der Waals surface area contributed by atoms with Gasteiger partial charge in [-0.1, -0.05) is 35.5 Å². The third-order valence-corrected chi connectivity index (χ3v) is 2.90. The number of nitrogens with zero attached hydrogens (tertiary/aromatic N) is 7. The molecule has 0 N–H and O–H groups in total. The first-order chi connectivity index (χ1) is 10.7. The largest absolute Gasteiger partial charge is 0.464 e. The lowest BCUT2D eigenvalue weighted by atomic mass is 10.1. The van der Waals surface area contributed by atoms with Crippen LogP contribution in [0.15, 0.2) is 42.7 Å². The first-order valence-corrected chi connectivity index (χ1v) is 6.20. The van der Waals surface area contributed by atoms with Crippen LogP contribution in [0, 0.1) is 10.1 Å². The molecular formula is C12H9N7O3. The monoisotopic (exact) mass is 299 g/mol. The Labute approximate surface area is 123 Å². The molecule has 0 unspecified atom stereocenters. The van der Waals surface area contributed by atoms with E-state index in [2.05, 4.69) is 20.6 Å². The summed E-state index contributed by atoms with van der Waals surface area (Å²) in [7, 11) is 0. The van der Waals surface area contributed by atoms with Gasteiger partial charge in [0.2, 0.25) is 0 Å². The minimum atomic E-state index is -0.823. The smallest absolute Gasteiger partial charge is 0.358 e. The summed E-state index contributed by atoms with van der Waals surface area (Å²) in [5, 5.41) is 25.6. The van der Waals surface area contributed by atoms with Gasteiger partial charge in [-0.15, -0.1) is 14.9 Å². The van der Waals surface area contributed by atoms with Crippen molar-refractivity contribution in [3.05, 3.63) is 64.1 Å². The predicted molar refractivity (Wildman–Crippen MR) is 72.1 cm³/mol. The van der Waals surface area contributed by atoms with Crippen LogP contribution in [0.25, 0.3) is 0 Å². The maximum atomic E-state index is 12.1. The Balaban J connectivity index is 1.99. The fraction of sp³-hybridized carbons (Fsp3) is 0.0833. The van der Waals surface area contributed by atoms with Gasteiger partial charge in [0.1, 0.15) is 0 Å². The molecule has 3 rings (SSSR count). The van der Waals surface area contributed by atoms with Gasteiger partial charge >= 0.3 is 11.8 Å². The summed E-state index contributed by atoms with van der Waals surface area (Å²) in [4.78, 5) is 22.7. The first-order valence-electron chi connectivity index (χ1n) is 6.20. The lowest BCUT2D eigenvalue weighted by Gasteiger charge is -1.99. The van der Waals surface area contributed by atoms with Gasteiger partial charge in [0.25, 0.3) is 0 Å². The Hall–Kier alpha value is -3.43. The van der Waals surface area contributed by atoms with E-state index >= 15 is 0 Å². The minimum Gasteiger partial charge on any atom is -0.358 e. The van der Waals surface area contributed by atoms with Crippen LogP contribution in [-0.4, -0.2) is 40.9 Å². The van der Waals surface area contributed by atoms with Gasteiger partial charge in [0.15, 0.2) is 5.69 Å². The van der Waals surface area contributed by atoms with Crippen molar-refractivity contribution in [2.75, 3.05) is 0 Å². The molecule has 0 saturated carbocycles. The molecule has 3 aromatic rings. The van der Waals surface area contributed by atoms with Crippen molar-refractivity contribution in [2.45, 2.75) is 6.42 Å². The Morgan fingerprint density at radius 1 is 1.23 bits per heavy atom. The van der Waals surface area contributed by atoms with Gasteiger partial charge < -0.3 is 10.1 Å². The molecule has 0 amide bonds. The zero-order valence-electron chi connectivity index (χ0n) is 11.1. The van der Waals surface area contributed by atoms with Crippen LogP contribution in [-0.2, 0) is 6.42 Å². The molecule has 22 heavy (non-hydrogen) atoms. The van der Waals surface area contributed by atoms with E-state index in [0.29, 0.717) is 4.68 Å². The molecule has 10 nitrogen and oxygen atoms in total. The molecule has 0 radical (unpaired) electrons. The summed E-state index contributed by atoms with van der Waals surface area (Å²) < 4.78 is 1.45. The number of hydrogen-bond acceptors (Lipinski definition) is 7. The Morgan fingerprint density at radius 2 is 2.00 bits per heavy atom. The van der Waals surface area contributed by atoms with E-state index in [1.54, 1.807) is 0 Å². The zero-order valence-corrected chi connectivity index (χ0v) is 11.1. The average molecular weight is 299 g/mol. The third kappa shape index (κ3) is 2.44. The molecule has 0 aliphatic carbocycles. The van der Waals surface area contributed by atoms with Gasteiger partial charge in [-0.05, 0) is 15.2 Å². The van der Waals surface area contributed by atoms with Gasteiger partial charge in [0.05, 0.1) is 12.4 Å². The van der Waals surface area contributed by atoms with E-state index in [1.807, 2.05) is 30.3 Å². The van der Waals surface area contributed by atoms with Crippen molar-refractivity contribution in [3.8, 4) is 0 Å². The van der Waals surface area contributed by atoms with E-state index in [9.17, 15) is 14.9 Å². The number of hydrogen-bond donors (Lipinski definition) is 0. The predicted octanol–water partition coefficient (Wildman–Crippen LogP) is 0.885. The van der Waals surface area contributed by atoms with Crippen molar-refractivity contribution in [1.29, 1.82) is 0 Å². The standard InChI is InChI=1S/C12H9N7O3/c20-12(17-7-6-13-15-17)18-11(19(21)22)10(14-16-18)8-9-4-2-1-3-5-9/h1-7H,8H2. The molecule has 110 valence electrons. The highest BCUT2D eigenvalue weighted by atomic mass is 16.6. The Morgan fingerprint density at radius 3 is 2.64 bits per heavy atom. The maximum Gasteiger partial charge on any atom is 0.464 e. The van der Waals surface area contributed by atoms with E-state index in [4.69, 9.17) is 0 Å². The molecule has 2 aromatic heterocycles. The summed E-state index contributed by atoms with van der Waals surface area (Å²) in [6, 6.07) is 8.25. The van der Waals surface area contributed by atoms with Crippen molar-refractivity contribution in [2.24, 2.45) is 0 Å². The van der Waals surface area contributed by atoms with Crippen LogP contribution in [0.4, 0.5) is 10.6 Å². The van der Waals surface area contributed by atoms with Crippen LogP contribution in [0.1, 0.15) is 11.3 Å². The number of carbonyl (C=O) groups is 1. The number of benzene rings is 1. The molecule has 0 aliphatic rings. The third-order valence-electron chi connectivity index (χ3n) is 2.90. The number of rotatable bonds is 3. The Bertz CT molecular complexity index is 811. The number of aromatic nitrogens is 6. The second-order valence-electron chi connectivity index (χ2n) is 4.32. The number of carbonyl (C=O) groups excluding carboxylic acids is 1. The van der Waals surface area contributed by atoms with Crippen molar-refractivity contribution in [1.82, 2.24) is 30.0 Å². The molecule has 0 bridgehead atoms. The normalized spacial score (nSPS) is 10.5. The van der Waals surface area contributed by atoms with Crippen LogP contribution in [0.2, 0.25) is 0 Å². The summed E-state index contributed by atoms with van der Waals surface area (Å²) in [5.74, 6) is -0.482. The Kier molecular flexibility index (Phi) is 3.40. The first kappa shape index (κ1) is 13.5. The quantitative estimate of drug-likeness (QED) is 0.519. The molecule has 0 spiro atoms. The molecule has 0 atom stereocenters. The fourth-order valence-electron chi connectivity index (χ4n) is 1.93. The van der Waals surface area contributed by atoms with E-state index < -0.39 is 16.8 Å². The topological polar surface area (TPSA) is 122 Å². The second kappa shape index (κ2) is 5.52. The van der Waals surface area contributed by atoms with Crippen molar-refractivity contribution >= 4 is 11.8 Å². The fourth-order valence-corrected chi connectivity index (χ4v) is 1.93. The van der Waals surface area contributed by atoms with Gasteiger partial charge in [0, 0.05) is 11.6 Å². The van der Waals surface area contributed by atoms with Crippen LogP contribution in [0.5, 0.6) is 0 Å². The van der Waals surface area contributed by atoms with E-state index in [0.717, 1.165) is 10.2 Å². The molecule has 0 fully saturated rings.